The number of unbranched alkanes of at least 4 members (excludes halogenated alkanes) is 1. The van der Waals surface area contributed by atoms with Crippen molar-refractivity contribution in [1.82, 2.24) is 0 Å². The minimum atomic E-state index is 0.394. The van der Waals surface area contributed by atoms with Crippen molar-refractivity contribution in [3.63, 3.8) is 0 Å². The maximum Gasteiger partial charge on any atom is 0.0433 e. The van der Waals surface area contributed by atoms with E-state index >= 15 is 0 Å². The molecule has 0 saturated heterocycles. The van der Waals surface area contributed by atoms with Crippen molar-refractivity contribution in [2.45, 2.75) is 58.3 Å². The van der Waals surface area contributed by atoms with Gasteiger partial charge in [0.2, 0.25) is 0 Å². The molecule has 1 N–H and O–H groups in total. The van der Waals surface area contributed by atoms with Gasteiger partial charge in [-0.3, -0.25) is 0 Å². The molecule has 2 unspecified atom stereocenters. The first-order chi connectivity index (χ1) is 6.36. The lowest BCUT2D eigenvalue weighted by Gasteiger charge is -2.28. The highest BCUT2D eigenvalue weighted by atomic mass is 16.3. The Morgan fingerprint density at radius 2 is 1.85 bits per heavy atom. The molecule has 1 saturated carbocycles. The molecule has 0 radical (unpaired) electrons. The van der Waals surface area contributed by atoms with Crippen LogP contribution in [0.2, 0.25) is 0 Å². The molecule has 13 heavy (non-hydrogen) atoms. The summed E-state index contributed by atoms with van der Waals surface area (Å²) in [6.07, 6.45) is 10.8. The third kappa shape index (κ3) is 4.12. The van der Waals surface area contributed by atoms with E-state index in [1.54, 1.807) is 0 Å². The van der Waals surface area contributed by atoms with Gasteiger partial charge in [0.15, 0.2) is 0 Å². The van der Waals surface area contributed by atoms with Crippen LogP contribution in [0, 0.1) is 11.8 Å². The van der Waals surface area contributed by atoms with Gasteiger partial charge in [0.05, 0.1) is 0 Å². The average Bonchev–Trinajstić information content (AvgIpc) is 2.16. The first-order valence-corrected chi connectivity index (χ1v) is 5.97. The summed E-state index contributed by atoms with van der Waals surface area (Å²) in [6, 6.07) is 0. The first kappa shape index (κ1) is 11.0. The molecule has 1 fully saturated rings. The summed E-state index contributed by atoms with van der Waals surface area (Å²) in [5, 5.41) is 8.88. The van der Waals surface area contributed by atoms with Gasteiger partial charge in [-0.15, -0.1) is 0 Å². The fourth-order valence-electron chi connectivity index (χ4n) is 2.60. The topological polar surface area (TPSA) is 20.2 Å². The van der Waals surface area contributed by atoms with E-state index in [1.165, 1.54) is 44.9 Å². The van der Waals surface area contributed by atoms with Crippen LogP contribution in [-0.4, -0.2) is 11.7 Å². The molecule has 0 aromatic carbocycles. The molecule has 1 heteroatoms. The van der Waals surface area contributed by atoms with Crippen LogP contribution in [0.3, 0.4) is 0 Å². The Labute approximate surface area is 82.5 Å². The average molecular weight is 184 g/mol. The fourth-order valence-corrected chi connectivity index (χ4v) is 2.60. The molecule has 0 aromatic rings. The van der Waals surface area contributed by atoms with E-state index in [1.807, 2.05) is 0 Å². The summed E-state index contributed by atoms with van der Waals surface area (Å²) < 4.78 is 0. The summed E-state index contributed by atoms with van der Waals surface area (Å²) in [4.78, 5) is 0. The van der Waals surface area contributed by atoms with Crippen molar-refractivity contribution >= 4 is 0 Å². The highest BCUT2D eigenvalue weighted by Gasteiger charge is 2.20. The molecule has 0 amide bonds. The normalized spacial score (nSPS) is 29.1. The fraction of sp³-hybridized carbons (Fsp3) is 1.00. The molecule has 0 spiro atoms. The van der Waals surface area contributed by atoms with Crippen LogP contribution >= 0.6 is 0 Å². The minimum absolute atomic E-state index is 0.394. The van der Waals surface area contributed by atoms with Crippen LogP contribution in [0.4, 0.5) is 0 Å². The van der Waals surface area contributed by atoms with E-state index < -0.39 is 0 Å². The van der Waals surface area contributed by atoms with Gasteiger partial charge in [-0.1, -0.05) is 45.4 Å². The van der Waals surface area contributed by atoms with Gasteiger partial charge in [0, 0.05) is 6.61 Å². The van der Waals surface area contributed by atoms with Crippen molar-refractivity contribution in [2.75, 3.05) is 6.61 Å². The second-order valence-electron chi connectivity index (χ2n) is 4.55. The molecule has 0 heterocycles. The Balaban J connectivity index is 2.16. The van der Waals surface area contributed by atoms with Crippen LogP contribution < -0.4 is 0 Å². The number of hydrogen-bond acceptors (Lipinski definition) is 1. The van der Waals surface area contributed by atoms with Crippen LogP contribution in [0.25, 0.3) is 0 Å². The summed E-state index contributed by atoms with van der Waals surface area (Å²) in [6.45, 7) is 2.67. The van der Waals surface area contributed by atoms with Crippen molar-refractivity contribution in [2.24, 2.45) is 11.8 Å². The third-order valence-corrected chi connectivity index (χ3v) is 3.39. The lowest BCUT2D eigenvalue weighted by Crippen LogP contribution is -2.16. The van der Waals surface area contributed by atoms with Gasteiger partial charge in [-0.05, 0) is 24.7 Å². The standard InChI is InChI=1S/C12H24O/c1-2-3-5-11-6-4-7-12(10-11)8-9-13/h11-13H,2-10H2,1H3. The molecule has 1 nitrogen and oxygen atoms in total. The number of aliphatic hydroxyl groups is 1. The van der Waals surface area contributed by atoms with Crippen molar-refractivity contribution in [1.29, 1.82) is 0 Å². The predicted octanol–water partition coefficient (Wildman–Crippen LogP) is 3.37. The van der Waals surface area contributed by atoms with E-state index in [0.29, 0.717) is 6.61 Å². The lowest BCUT2D eigenvalue weighted by atomic mass is 9.78. The second-order valence-corrected chi connectivity index (χ2v) is 4.55. The number of rotatable bonds is 5. The molecular formula is C12H24O. The van der Waals surface area contributed by atoms with E-state index in [4.69, 9.17) is 5.11 Å². The number of aliphatic hydroxyl groups excluding tert-OH is 1. The van der Waals surface area contributed by atoms with Gasteiger partial charge in [0.1, 0.15) is 0 Å². The van der Waals surface area contributed by atoms with Crippen LogP contribution in [0.1, 0.15) is 58.3 Å². The maximum absolute atomic E-state index is 8.88. The Morgan fingerprint density at radius 3 is 2.46 bits per heavy atom. The Kier molecular flexibility index (Phi) is 5.45. The highest BCUT2D eigenvalue weighted by molar-refractivity contribution is 4.72. The van der Waals surface area contributed by atoms with Crippen LogP contribution in [-0.2, 0) is 0 Å². The maximum atomic E-state index is 8.88. The van der Waals surface area contributed by atoms with E-state index in [2.05, 4.69) is 6.92 Å². The predicted molar refractivity (Wildman–Crippen MR) is 56.7 cm³/mol. The molecule has 1 rings (SSSR count). The van der Waals surface area contributed by atoms with E-state index in [9.17, 15) is 0 Å². The van der Waals surface area contributed by atoms with Crippen LogP contribution in [0.15, 0.2) is 0 Å². The zero-order valence-corrected chi connectivity index (χ0v) is 8.97. The smallest absolute Gasteiger partial charge is 0.0433 e. The molecule has 1 aliphatic rings. The van der Waals surface area contributed by atoms with E-state index in [0.717, 1.165) is 18.3 Å². The summed E-state index contributed by atoms with van der Waals surface area (Å²) in [5.41, 5.74) is 0. The van der Waals surface area contributed by atoms with Gasteiger partial charge in [-0.2, -0.15) is 0 Å². The molecule has 0 bridgehead atoms. The highest BCUT2D eigenvalue weighted by Crippen LogP contribution is 2.33. The van der Waals surface area contributed by atoms with E-state index in [-0.39, 0.29) is 0 Å². The Bertz CT molecular complexity index is 120. The zero-order chi connectivity index (χ0) is 9.52. The molecule has 0 aliphatic heterocycles. The Morgan fingerprint density at radius 1 is 1.15 bits per heavy atom. The summed E-state index contributed by atoms with van der Waals surface area (Å²) in [5.74, 6) is 1.81. The largest absolute Gasteiger partial charge is 0.396 e. The summed E-state index contributed by atoms with van der Waals surface area (Å²) in [7, 11) is 0. The van der Waals surface area contributed by atoms with Crippen LogP contribution in [0.5, 0.6) is 0 Å². The quantitative estimate of drug-likeness (QED) is 0.694. The number of hydrogen-bond donors (Lipinski definition) is 1. The SMILES string of the molecule is CCCCC1CCCC(CCO)C1. The van der Waals surface area contributed by atoms with Gasteiger partial charge in [0.25, 0.3) is 0 Å². The minimum Gasteiger partial charge on any atom is -0.396 e. The van der Waals surface area contributed by atoms with Gasteiger partial charge >= 0.3 is 0 Å². The first-order valence-electron chi connectivity index (χ1n) is 5.97. The molecular weight excluding hydrogens is 160 g/mol. The van der Waals surface area contributed by atoms with Gasteiger partial charge in [-0.25, -0.2) is 0 Å². The Hall–Kier alpha value is -0.0400. The molecule has 0 aromatic heterocycles. The van der Waals surface area contributed by atoms with Crippen molar-refractivity contribution in [3.8, 4) is 0 Å². The van der Waals surface area contributed by atoms with Gasteiger partial charge < -0.3 is 5.11 Å². The lowest BCUT2D eigenvalue weighted by molar-refractivity contribution is 0.193. The van der Waals surface area contributed by atoms with Crippen molar-refractivity contribution in [3.05, 3.63) is 0 Å². The molecule has 1 aliphatic carbocycles. The summed E-state index contributed by atoms with van der Waals surface area (Å²) >= 11 is 0. The molecule has 78 valence electrons. The third-order valence-electron chi connectivity index (χ3n) is 3.39. The zero-order valence-electron chi connectivity index (χ0n) is 8.97. The monoisotopic (exact) mass is 184 g/mol. The van der Waals surface area contributed by atoms with Crippen molar-refractivity contribution < 1.29 is 5.11 Å². The second kappa shape index (κ2) is 6.42. The molecule has 2 atom stereocenters.